The Morgan fingerprint density at radius 2 is 2.22 bits per heavy atom. The monoisotopic (exact) mass is 254 g/mol. The fraction of sp³-hybridized carbons (Fsp3) is 1.00. The summed E-state index contributed by atoms with van der Waals surface area (Å²) in [6, 6.07) is 0.799. The minimum Gasteiger partial charge on any atom is -0.383 e. The molecule has 2 fully saturated rings. The molecule has 1 heterocycles. The molecule has 0 bridgehead atoms. The topological polar surface area (TPSA) is 24.5 Å². The summed E-state index contributed by atoms with van der Waals surface area (Å²) < 4.78 is 5.30. The summed E-state index contributed by atoms with van der Waals surface area (Å²) >= 11 is 0. The van der Waals surface area contributed by atoms with Crippen LogP contribution in [0.4, 0.5) is 0 Å². The summed E-state index contributed by atoms with van der Waals surface area (Å²) in [6.07, 6.45) is 5.49. The Morgan fingerprint density at radius 3 is 2.78 bits per heavy atom. The van der Waals surface area contributed by atoms with E-state index in [-0.39, 0.29) is 0 Å². The summed E-state index contributed by atoms with van der Waals surface area (Å²) in [7, 11) is 1.81. The molecule has 18 heavy (non-hydrogen) atoms. The Hall–Kier alpha value is -0.120. The van der Waals surface area contributed by atoms with Crippen LogP contribution in [0.1, 0.15) is 39.5 Å². The van der Waals surface area contributed by atoms with Crippen LogP contribution in [0.25, 0.3) is 0 Å². The lowest BCUT2D eigenvalue weighted by atomic mass is 9.88. The first-order valence-electron chi connectivity index (χ1n) is 7.57. The summed E-state index contributed by atoms with van der Waals surface area (Å²) in [5, 5.41) is 3.52. The average Bonchev–Trinajstić information content (AvgIpc) is 2.94. The molecule has 106 valence electrons. The molecule has 1 saturated heterocycles. The van der Waals surface area contributed by atoms with E-state index in [0.717, 1.165) is 25.1 Å². The molecule has 1 aliphatic carbocycles. The van der Waals surface area contributed by atoms with Crippen molar-refractivity contribution in [2.45, 2.75) is 45.6 Å². The third kappa shape index (κ3) is 3.69. The molecule has 0 aromatic rings. The Kier molecular flexibility index (Phi) is 5.05. The highest BCUT2D eigenvalue weighted by molar-refractivity contribution is 4.90. The van der Waals surface area contributed by atoms with Crippen molar-refractivity contribution in [2.24, 2.45) is 11.3 Å². The van der Waals surface area contributed by atoms with E-state index in [9.17, 15) is 0 Å². The number of methoxy groups -OCH3 is 1. The van der Waals surface area contributed by atoms with Gasteiger partial charge in [0.2, 0.25) is 0 Å². The van der Waals surface area contributed by atoms with E-state index >= 15 is 0 Å². The van der Waals surface area contributed by atoms with E-state index in [1.807, 2.05) is 7.11 Å². The number of nitrogens with one attached hydrogen (secondary N) is 1. The molecule has 1 aliphatic heterocycles. The van der Waals surface area contributed by atoms with Gasteiger partial charge in [-0.2, -0.15) is 0 Å². The molecule has 3 atom stereocenters. The van der Waals surface area contributed by atoms with Crippen LogP contribution in [0.3, 0.4) is 0 Å². The van der Waals surface area contributed by atoms with Gasteiger partial charge in [0.25, 0.3) is 0 Å². The predicted octanol–water partition coefficient (Wildman–Crippen LogP) is 2.12. The summed E-state index contributed by atoms with van der Waals surface area (Å²) in [6.45, 7) is 10.4. The zero-order chi connectivity index (χ0) is 13.0. The average molecular weight is 254 g/mol. The van der Waals surface area contributed by atoms with E-state index in [1.165, 1.54) is 45.3 Å². The van der Waals surface area contributed by atoms with Crippen LogP contribution < -0.4 is 5.32 Å². The van der Waals surface area contributed by atoms with Gasteiger partial charge in [0.05, 0.1) is 6.61 Å². The Balaban J connectivity index is 1.91. The smallest absolute Gasteiger partial charge is 0.0589 e. The normalized spacial score (nSPS) is 36.7. The van der Waals surface area contributed by atoms with Gasteiger partial charge in [-0.05, 0) is 43.6 Å². The van der Waals surface area contributed by atoms with Crippen molar-refractivity contribution in [2.75, 3.05) is 39.9 Å². The first-order chi connectivity index (χ1) is 8.63. The van der Waals surface area contributed by atoms with Gasteiger partial charge in [-0.3, -0.25) is 4.90 Å². The largest absolute Gasteiger partial charge is 0.383 e. The van der Waals surface area contributed by atoms with E-state index in [2.05, 4.69) is 24.1 Å². The van der Waals surface area contributed by atoms with Gasteiger partial charge < -0.3 is 10.1 Å². The summed E-state index contributed by atoms with van der Waals surface area (Å²) in [5.41, 5.74) is 0.472. The number of rotatable bonds is 6. The maximum atomic E-state index is 5.30. The fourth-order valence-electron chi connectivity index (χ4n) is 3.60. The van der Waals surface area contributed by atoms with E-state index in [0.29, 0.717) is 5.41 Å². The van der Waals surface area contributed by atoms with Crippen molar-refractivity contribution in [1.82, 2.24) is 10.2 Å². The molecular formula is C15H30N2O. The molecule has 2 rings (SSSR count). The quantitative estimate of drug-likeness (QED) is 0.786. The van der Waals surface area contributed by atoms with Crippen molar-refractivity contribution in [1.29, 1.82) is 0 Å². The first-order valence-corrected chi connectivity index (χ1v) is 7.57. The molecule has 3 nitrogen and oxygen atoms in total. The summed E-state index contributed by atoms with van der Waals surface area (Å²) in [4.78, 5) is 2.71. The van der Waals surface area contributed by atoms with Crippen LogP contribution in [-0.2, 0) is 4.74 Å². The molecule has 2 aliphatic rings. The van der Waals surface area contributed by atoms with Crippen molar-refractivity contribution in [3.05, 3.63) is 0 Å². The van der Waals surface area contributed by atoms with Crippen LogP contribution in [0, 0.1) is 11.3 Å². The maximum absolute atomic E-state index is 5.30. The molecule has 3 heteroatoms. The van der Waals surface area contributed by atoms with Gasteiger partial charge in [0, 0.05) is 32.8 Å². The second-order valence-corrected chi connectivity index (χ2v) is 6.77. The molecule has 0 amide bonds. The zero-order valence-corrected chi connectivity index (χ0v) is 12.4. The summed E-state index contributed by atoms with van der Waals surface area (Å²) in [5.74, 6) is 0.912. The van der Waals surface area contributed by atoms with Crippen molar-refractivity contribution < 1.29 is 4.74 Å². The standard InChI is InChI=1S/C15H30N2O/c1-13-4-5-14(10-13)17(8-9-18-3)12-15(2)6-7-16-11-15/h13-14,16H,4-12H2,1-3H3. The molecule has 0 radical (unpaired) electrons. The SMILES string of the molecule is COCCN(CC1(C)CCNC1)C1CCC(C)C1. The van der Waals surface area contributed by atoms with E-state index in [1.54, 1.807) is 0 Å². The van der Waals surface area contributed by atoms with Gasteiger partial charge in [0.15, 0.2) is 0 Å². The highest BCUT2D eigenvalue weighted by atomic mass is 16.5. The van der Waals surface area contributed by atoms with Crippen LogP contribution >= 0.6 is 0 Å². The van der Waals surface area contributed by atoms with Crippen LogP contribution in [-0.4, -0.2) is 50.8 Å². The second-order valence-electron chi connectivity index (χ2n) is 6.77. The van der Waals surface area contributed by atoms with Gasteiger partial charge in [-0.1, -0.05) is 13.8 Å². The fourth-order valence-corrected chi connectivity index (χ4v) is 3.60. The van der Waals surface area contributed by atoms with Crippen LogP contribution in [0.5, 0.6) is 0 Å². The third-order valence-corrected chi connectivity index (χ3v) is 4.81. The zero-order valence-electron chi connectivity index (χ0n) is 12.4. The highest BCUT2D eigenvalue weighted by Gasteiger charge is 2.34. The molecule has 0 spiro atoms. The van der Waals surface area contributed by atoms with Crippen molar-refractivity contribution >= 4 is 0 Å². The molecule has 1 saturated carbocycles. The molecule has 1 N–H and O–H groups in total. The first kappa shape index (κ1) is 14.3. The molecular weight excluding hydrogens is 224 g/mol. The maximum Gasteiger partial charge on any atom is 0.0589 e. The Bertz CT molecular complexity index is 251. The van der Waals surface area contributed by atoms with Crippen molar-refractivity contribution in [3.63, 3.8) is 0 Å². The number of hydrogen-bond acceptors (Lipinski definition) is 3. The Labute approximate surface area is 112 Å². The predicted molar refractivity (Wildman–Crippen MR) is 75.8 cm³/mol. The van der Waals surface area contributed by atoms with E-state index < -0.39 is 0 Å². The Morgan fingerprint density at radius 1 is 1.39 bits per heavy atom. The number of hydrogen-bond donors (Lipinski definition) is 1. The lowest BCUT2D eigenvalue weighted by Crippen LogP contribution is -2.44. The molecule has 0 aromatic carbocycles. The third-order valence-electron chi connectivity index (χ3n) is 4.81. The van der Waals surface area contributed by atoms with Crippen LogP contribution in [0.15, 0.2) is 0 Å². The lowest BCUT2D eigenvalue weighted by molar-refractivity contribution is 0.0861. The van der Waals surface area contributed by atoms with Gasteiger partial charge in [0.1, 0.15) is 0 Å². The van der Waals surface area contributed by atoms with Gasteiger partial charge in [-0.15, -0.1) is 0 Å². The minimum atomic E-state index is 0.472. The number of ether oxygens (including phenoxy) is 1. The lowest BCUT2D eigenvalue weighted by Gasteiger charge is -2.36. The molecule has 3 unspecified atom stereocenters. The molecule has 0 aromatic heterocycles. The van der Waals surface area contributed by atoms with Gasteiger partial charge >= 0.3 is 0 Å². The van der Waals surface area contributed by atoms with Crippen molar-refractivity contribution in [3.8, 4) is 0 Å². The minimum absolute atomic E-state index is 0.472. The second kappa shape index (κ2) is 6.36. The number of nitrogens with zero attached hydrogens (tertiary/aromatic N) is 1. The highest BCUT2D eigenvalue weighted by Crippen LogP contribution is 2.32. The van der Waals surface area contributed by atoms with E-state index in [4.69, 9.17) is 4.74 Å². The van der Waals surface area contributed by atoms with Crippen LogP contribution in [0.2, 0.25) is 0 Å². The van der Waals surface area contributed by atoms with Gasteiger partial charge in [-0.25, -0.2) is 0 Å².